The Kier molecular flexibility index (Phi) is 5.22. The third-order valence-corrected chi connectivity index (χ3v) is 5.28. The predicted octanol–water partition coefficient (Wildman–Crippen LogP) is 4.25. The molecular weight excluding hydrogens is 440 g/mol. The van der Waals surface area contributed by atoms with Crippen molar-refractivity contribution in [1.29, 1.82) is 0 Å². The number of alkyl halides is 4. The van der Waals surface area contributed by atoms with E-state index >= 15 is 0 Å². The molecule has 1 heterocycles. The van der Waals surface area contributed by atoms with Crippen LogP contribution in [0, 0.1) is 0 Å². The van der Waals surface area contributed by atoms with Crippen LogP contribution in [0.4, 0.5) is 17.6 Å². The summed E-state index contributed by atoms with van der Waals surface area (Å²) in [5.74, 6) is -9.06. The zero-order chi connectivity index (χ0) is 22.4. The average Bonchev–Trinajstić information content (AvgIpc) is 3.18. The van der Waals surface area contributed by atoms with Gasteiger partial charge in [0.15, 0.2) is 5.82 Å². The van der Waals surface area contributed by atoms with Crippen LogP contribution in [0.1, 0.15) is 22.6 Å². The molecule has 0 aliphatic heterocycles. The minimum Gasteiger partial charge on any atom is -0.367 e. The minimum atomic E-state index is -4.24. The van der Waals surface area contributed by atoms with E-state index < -0.39 is 36.9 Å². The minimum absolute atomic E-state index is 0.189. The summed E-state index contributed by atoms with van der Waals surface area (Å²) in [4.78, 5) is 15.8. The molecule has 2 aromatic carbocycles. The smallest absolute Gasteiger partial charge is 0.335 e. The summed E-state index contributed by atoms with van der Waals surface area (Å²) < 4.78 is 59.3. The first-order chi connectivity index (χ1) is 14.6. The third kappa shape index (κ3) is 3.77. The molecule has 31 heavy (non-hydrogen) atoms. The van der Waals surface area contributed by atoms with Gasteiger partial charge in [-0.1, -0.05) is 41.9 Å². The second kappa shape index (κ2) is 7.61. The number of primary amides is 1. The van der Waals surface area contributed by atoms with Crippen molar-refractivity contribution in [1.82, 2.24) is 14.8 Å². The van der Waals surface area contributed by atoms with Gasteiger partial charge in [0.1, 0.15) is 6.10 Å². The van der Waals surface area contributed by atoms with Gasteiger partial charge < -0.3 is 10.5 Å². The number of carbonyl (C=O) groups is 1. The van der Waals surface area contributed by atoms with E-state index in [1.807, 2.05) is 0 Å². The Hall–Kier alpha value is -2.98. The van der Waals surface area contributed by atoms with Gasteiger partial charge in [-0.15, -0.1) is 5.10 Å². The third-order valence-electron chi connectivity index (χ3n) is 4.91. The van der Waals surface area contributed by atoms with E-state index in [0.29, 0.717) is 17.1 Å². The highest BCUT2D eigenvalue weighted by molar-refractivity contribution is 6.31. The largest absolute Gasteiger partial charge is 0.367 e. The number of nitrogens with zero attached hydrogens (tertiary/aromatic N) is 3. The Labute approximate surface area is 178 Å². The maximum absolute atomic E-state index is 13.5. The topological polar surface area (TPSA) is 83.0 Å². The fourth-order valence-corrected chi connectivity index (χ4v) is 3.30. The molecule has 1 aliphatic rings. The molecule has 1 amide bonds. The number of rotatable bonds is 6. The molecule has 1 fully saturated rings. The number of hydrogen-bond donors (Lipinski definition) is 1. The molecule has 11 heteroatoms. The molecule has 162 valence electrons. The summed E-state index contributed by atoms with van der Waals surface area (Å²) in [6.45, 7) is -0.416. The highest BCUT2D eigenvalue weighted by Gasteiger charge is 2.72. The Morgan fingerprint density at radius 1 is 1.19 bits per heavy atom. The number of hydrogen-bond acceptors (Lipinski definition) is 4. The second-order valence-electron chi connectivity index (χ2n) is 7.01. The normalized spacial score (nSPS) is 19.1. The molecule has 2 N–H and O–H groups in total. The van der Waals surface area contributed by atoms with E-state index in [-0.39, 0.29) is 16.4 Å². The molecule has 1 aromatic heterocycles. The van der Waals surface area contributed by atoms with Gasteiger partial charge in [-0.05, 0) is 23.8 Å². The number of amides is 1. The van der Waals surface area contributed by atoms with E-state index in [2.05, 4.69) is 10.1 Å². The molecule has 0 saturated heterocycles. The average molecular weight is 455 g/mol. The highest BCUT2D eigenvalue weighted by Crippen LogP contribution is 2.52. The number of halogens is 5. The van der Waals surface area contributed by atoms with Gasteiger partial charge in [0.05, 0.1) is 18.7 Å². The van der Waals surface area contributed by atoms with Gasteiger partial charge in [0.25, 0.3) is 5.91 Å². The molecule has 1 aliphatic carbocycles. The van der Waals surface area contributed by atoms with E-state index in [0.717, 1.165) is 0 Å². The van der Waals surface area contributed by atoms with Crippen molar-refractivity contribution in [3.05, 3.63) is 64.9 Å². The Morgan fingerprint density at radius 3 is 2.52 bits per heavy atom. The van der Waals surface area contributed by atoms with Gasteiger partial charge in [-0.3, -0.25) is 4.79 Å². The van der Waals surface area contributed by atoms with Crippen molar-refractivity contribution in [3.8, 4) is 17.1 Å². The molecule has 6 nitrogen and oxygen atoms in total. The van der Waals surface area contributed by atoms with Crippen molar-refractivity contribution < 1.29 is 27.1 Å². The Bertz CT molecular complexity index is 1140. The summed E-state index contributed by atoms with van der Waals surface area (Å²) >= 11 is 6.13. The van der Waals surface area contributed by atoms with Crippen LogP contribution in [-0.4, -0.2) is 38.6 Å². The molecule has 0 spiro atoms. The number of ether oxygens (including phenoxy) is 1. The summed E-state index contributed by atoms with van der Waals surface area (Å²) in [5.41, 5.74) is 6.62. The van der Waals surface area contributed by atoms with E-state index in [4.69, 9.17) is 22.1 Å². The van der Waals surface area contributed by atoms with Gasteiger partial charge in [0.2, 0.25) is 5.82 Å². The van der Waals surface area contributed by atoms with E-state index in [1.54, 1.807) is 36.4 Å². The van der Waals surface area contributed by atoms with Gasteiger partial charge in [0, 0.05) is 10.6 Å². The fourth-order valence-electron chi connectivity index (χ4n) is 3.13. The lowest BCUT2D eigenvalue weighted by atomic mass is 9.85. The molecule has 1 atom stereocenters. The maximum atomic E-state index is 13.5. The highest BCUT2D eigenvalue weighted by atomic mass is 35.5. The summed E-state index contributed by atoms with van der Waals surface area (Å²) in [6.07, 6.45) is -2.98. The Morgan fingerprint density at radius 2 is 1.90 bits per heavy atom. The fraction of sp³-hybridized carbons (Fsp3) is 0.250. The number of nitrogens with two attached hydrogens (primary N) is 1. The SMILES string of the molecule is NC(=O)c1nc(-c2ccccc2)n(-c2ccc(Cl)c(COC3CC(F)(F)C3(F)F)c2)n1. The van der Waals surface area contributed by atoms with Crippen LogP contribution in [-0.2, 0) is 11.3 Å². The molecule has 1 unspecified atom stereocenters. The summed E-state index contributed by atoms with van der Waals surface area (Å²) in [7, 11) is 0. The van der Waals surface area contributed by atoms with Crippen LogP contribution in [0.15, 0.2) is 48.5 Å². The van der Waals surface area contributed by atoms with Crippen LogP contribution in [0.2, 0.25) is 5.02 Å². The van der Waals surface area contributed by atoms with E-state index in [1.165, 1.54) is 16.8 Å². The second-order valence-corrected chi connectivity index (χ2v) is 7.42. The van der Waals surface area contributed by atoms with Crippen LogP contribution in [0.3, 0.4) is 0 Å². The van der Waals surface area contributed by atoms with Crippen LogP contribution in [0.25, 0.3) is 17.1 Å². The van der Waals surface area contributed by atoms with Crippen LogP contribution >= 0.6 is 11.6 Å². The number of aromatic nitrogens is 3. The quantitative estimate of drug-likeness (QED) is 0.564. The van der Waals surface area contributed by atoms with Gasteiger partial charge in [-0.2, -0.15) is 17.6 Å². The Balaban J connectivity index is 1.65. The molecule has 0 radical (unpaired) electrons. The van der Waals surface area contributed by atoms with Crippen molar-refractivity contribution in [2.75, 3.05) is 0 Å². The lowest BCUT2D eigenvalue weighted by Crippen LogP contribution is -2.63. The lowest BCUT2D eigenvalue weighted by Gasteiger charge is -2.43. The first kappa shape index (κ1) is 21.3. The van der Waals surface area contributed by atoms with Crippen molar-refractivity contribution in [3.63, 3.8) is 0 Å². The first-order valence-electron chi connectivity index (χ1n) is 9.08. The maximum Gasteiger partial charge on any atom is 0.335 e. The molecule has 3 aromatic rings. The van der Waals surface area contributed by atoms with Crippen LogP contribution in [0.5, 0.6) is 0 Å². The monoisotopic (exact) mass is 454 g/mol. The lowest BCUT2D eigenvalue weighted by molar-refractivity contribution is -0.342. The van der Waals surface area contributed by atoms with Crippen LogP contribution < -0.4 is 5.73 Å². The number of benzene rings is 2. The summed E-state index contributed by atoms with van der Waals surface area (Å²) in [6, 6.07) is 13.4. The standard InChI is InChI=1S/C20H15ClF4N4O2/c21-14-7-6-13(8-12(14)10-31-15-9-19(22,23)20(15,24)25)29-18(11-4-2-1-3-5-11)27-17(28-29)16(26)30/h1-8,15H,9-10H2,(H2,26,30). The molecule has 0 bridgehead atoms. The first-order valence-corrected chi connectivity index (χ1v) is 9.46. The predicted molar refractivity (Wildman–Crippen MR) is 103 cm³/mol. The molecular formula is C20H15ClF4N4O2. The van der Waals surface area contributed by atoms with Gasteiger partial charge in [-0.25, -0.2) is 9.67 Å². The molecule has 4 rings (SSSR count). The van der Waals surface area contributed by atoms with Gasteiger partial charge >= 0.3 is 11.8 Å². The zero-order valence-corrected chi connectivity index (χ0v) is 16.5. The van der Waals surface area contributed by atoms with E-state index in [9.17, 15) is 22.4 Å². The number of carbonyl (C=O) groups excluding carboxylic acids is 1. The summed E-state index contributed by atoms with van der Waals surface area (Å²) in [5, 5.41) is 4.31. The van der Waals surface area contributed by atoms with Crippen molar-refractivity contribution in [2.24, 2.45) is 5.73 Å². The van der Waals surface area contributed by atoms with Crippen molar-refractivity contribution >= 4 is 17.5 Å². The zero-order valence-electron chi connectivity index (χ0n) is 15.7. The van der Waals surface area contributed by atoms with Crippen molar-refractivity contribution in [2.45, 2.75) is 31.0 Å². The molecule has 1 saturated carbocycles.